The van der Waals surface area contributed by atoms with Crippen molar-refractivity contribution < 1.29 is 0 Å². The van der Waals surface area contributed by atoms with Crippen molar-refractivity contribution in [2.24, 2.45) is 7.05 Å². The van der Waals surface area contributed by atoms with Crippen molar-refractivity contribution in [2.45, 2.75) is 17.8 Å². The van der Waals surface area contributed by atoms with E-state index in [4.69, 9.17) is 0 Å². The van der Waals surface area contributed by atoms with Crippen LogP contribution in [0.3, 0.4) is 0 Å². The normalized spacial score (nSPS) is 11.3. The topological polar surface area (TPSA) is 47.8 Å². The highest BCUT2D eigenvalue weighted by Gasteiger charge is 2.10. The second-order valence-electron chi connectivity index (χ2n) is 4.04. The van der Waals surface area contributed by atoms with E-state index >= 15 is 0 Å². The summed E-state index contributed by atoms with van der Waals surface area (Å²) in [6.45, 7) is 1.99. The fourth-order valence-electron chi connectivity index (χ4n) is 1.71. The molecule has 0 amide bonds. The molecule has 0 spiro atoms. The lowest BCUT2D eigenvalue weighted by molar-refractivity contribution is 0.727. The van der Waals surface area contributed by atoms with E-state index in [1.54, 1.807) is 34.7 Å². The van der Waals surface area contributed by atoms with Crippen molar-refractivity contribution in [2.75, 3.05) is 0 Å². The van der Waals surface area contributed by atoms with Crippen LogP contribution in [0.2, 0.25) is 0 Å². The van der Waals surface area contributed by atoms with Crippen LogP contribution in [-0.4, -0.2) is 14.5 Å². The molecule has 0 radical (unpaired) electrons. The molecule has 3 aromatic heterocycles. The lowest BCUT2D eigenvalue weighted by Crippen LogP contribution is -2.18. The Morgan fingerprint density at radius 3 is 2.95 bits per heavy atom. The molecule has 0 saturated carbocycles. The van der Waals surface area contributed by atoms with E-state index in [9.17, 15) is 4.79 Å². The third kappa shape index (κ3) is 2.45. The summed E-state index contributed by atoms with van der Waals surface area (Å²) in [5.41, 5.74) is 1.84. The number of aromatic nitrogens is 3. The predicted molar refractivity (Wildman–Crippen MR) is 81.3 cm³/mol. The first-order chi connectivity index (χ1) is 9.15. The molecule has 0 aliphatic heterocycles. The quantitative estimate of drug-likeness (QED) is 0.551. The monoisotopic (exact) mass is 309 g/mol. The molecule has 98 valence electrons. The van der Waals surface area contributed by atoms with Crippen molar-refractivity contribution in [3.63, 3.8) is 0 Å². The molecule has 3 aromatic rings. The third-order valence-corrected chi connectivity index (χ3v) is 5.44. The molecule has 19 heavy (non-hydrogen) atoms. The van der Waals surface area contributed by atoms with E-state index in [2.05, 4.69) is 9.97 Å². The van der Waals surface area contributed by atoms with Crippen LogP contribution >= 0.6 is 34.4 Å². The summed E-state index contributed by atoms with van der Waals surface area (Å²) in [4.78, 5) is 21.1. The fourth-order valence-corrected chi connectivity index (χ4v) is 4.10. The van der Waals surface area contributed by atoms with Crippen LogP contribution in [0.4, 0.5) is 0 Å². The third-order valence-electron chi connectivity index (χ3n) is 2.66. The van der Waals surface area contributed by atoms with E-state index in [1.807, 2.05) is 23.8 Å². The molecule has 0 unspecified atom stereocenters. The Balaban J connectivity index is 1.92. The van der Waals surface area contributed by atoms with Gasteiger partial charge in [-0.3, -0.25) is 9.36 Å². The molecule has 0 fully saturated rings. The summed E-state index contributed by atoms with van der Waals surface area (Å²) in [6, 6.07) is 1.89. The molecule has 3 rings (SSSR count). The van der Waals surface area contributed by atoms with E-state index < -0.39 is 0 Å². The number of fused-ring (bicyclic) bond motifs is 1. The lowest BCUT2D eigenvalue weighted by atomic mass is 10.5. The Morgan fingerprint density at radius 2 is 2.21 bits per heavy atom. The van der Waals surface area contributed by atoms with E-state index in [1.165, 1.54) is 11.3 Å². The molecular weight excluding hydrogens is 298 g/mol. The molecule has 0 atom stereocenters. The number of thioether (sulfide) groups is 1. The van der Waals surface area contributed by atoms with Gasteiger partial charge in [0.15, 0.2) is 5.16 Å². The van der Waals surface area contributed by atoms with Gasteiger partial charge in [0.05, 0.1) is 16.2 Å². The first-order valence-electron chi connectivity index (χ1n) is 5.63. The molecule has 0 aliphatic carbocycles. The average molecular weight is 309 g/mol. The molecule has 0 N–H and O–H groups in total. The van der Waals surface area contributed by atoms with E-state index in [-0.39, 0.29) is 5.56 Å². The van der Waals surface area contributed by atoms with Gasteiger partial charge in [-0.05, 0) is 18.4 Å². The summed E-state index contributed by atoms with van der Waals surface area (Å²) < 4.78 is 2.33. The van der Waals surface area contributed by atoms with Gasteiger partial charge in [0, 0.05) is 18.2 Å². The van der Waals surface area contributed by atoms with Gasteiger partial charge in [-0.1, -0.05) is 11.8 Å². The van der Waals surface area contributed by atoms with E-state index in [0.29, 0.717) is 0 Å². The van der Waals surface area contributed by atoms with Crippen LogP contribution in [0.5, 0.6) is 0 Å². The van der Waals surface area contributed by atoms with E-state index in [0.717, 1.165) is 31.8 Å². The minimum absolute atomic E-state index is 0.0250. The first kappa shape index (κ1) is 12.8. The number of hydrogen-bond donors (Lipinski definition) is 0. The molecule has 0 bridgehead atoms. The van der Waals surface area contributed by atoms with Crippen molar-refractivity contribution in [3.8, 4) is 0 Å². The summed E-state index contributed by atoms with van der Waals surface area (Å²) in [5, 5.41) is 5.74. The molecule has 0 saturated heterocycles. The second kappa shape index (κ2) is 5.07. The fraction of sp³-hybridized carbons (Fsp3) is 0.250. The average Bonchev–Trinajstić information content (AvgIpc) is 3.01. The SMILES string of the molecule is Cc1nc(CSc2nc3ccsc3c(=O)n2C)cs1. The molecule has 0 aliphatic rings. The van der Waals surface area contributed by atoms with Crippen LogP contribution < -0.4 is 5.56 Å². The standard InChI is InChI=1S/C12H11N3OS3/c1-7-13-8(5-18-7)6-19-12-14-9-3-4-17-10(9)11(16)15(12)2/h3-5H,6H2,1-2H3. The van der Waals surface area contributed by atoms with Gasteiger partial charge in [0.1, 0.15) is 4.70 Å². The van der Waals surface area contributed by atoms with Gasteiger partial charge in [-0.15, -0.1) is 22.7 Å². The van der Waals surface area contributed by atoms with Crippen LogP contribution in [0, 0.1) is 6.92 Å². The van der Waals surface area contributed by atoms with Crippen molar-refractivity contribution in [1.29, 1.82) is 0 Å². The van der Waals surface area contributed by atoms with Crippen molar-refractivity contribution >= 4 is 44.7 Å². The van der Waals surface area contributed by atoms with Crippen LogP contribution in [0.25, 0.3) is 10.2 Å². The largest absolute Gasteiger partial charge is 0.290 e. The number of nitrogens with zero attached hydrogens (tertiary/aromatic N) is 3. The Morgan fingerprint density at radius 1 is 1.37 bits per heavy atom. The zero-order valence-electron chi connectivity index (χ0n) is 10.4. The van der Waals surface area contributed by atoms with Gasteiger partial charge >= 0.3 is 0 Å². The zero-order valence-corrected chi connectivity index (χ0v) is 12.9. The highest BCUT2D eigenvalue weighted by molar-refractivity contribution is 7.98. The van der Waals surface area contributed by atoms with Gasteiger partial charge in [-0.2, -0.15) is 0 Å². The van der Waals surface area contributed by atoms with Crippen LogP contribution in [-0.2, 0) is 12.8 Å². The highest BCUT2D eigenvalue weighted by atomic mass is 32.2. The lowest BCUT2D eigenvalue weighted by Gasteiger charge is -2.05. The summed E-state index contributed by atoms with van der Waals surface area (Å²) >= 11 is 4.62. The highest BCUT2D eigenvalue weighted by Crippen LogP contribution is 2.23. The first-order valence-corrected chi connectivity index (χ1v) is 8.37. The van der Waals surface area contributed by atoms with Gasteiger partial charge in [0.25, 0.3) is 5.56 Å². The maximum absolute atomic E-state index is 12.1. The molecule has 4 nitrogen and oxygen atoms in total. The van der Waals surface area contributed by atoms with Crippen molar-refractivity contribution in [3.05, 3.63) is 37.9 Å². The van der Waals surface area contributed by atoms with Gasteiger partial charge < -0.3 is 0 Å². The summed E-state index contributed by atoms with van der Waals surface area (Å²) in [5.74, 6) is 0.736. The van der Waals surface area contributed by atoms with Crippen LogP contribution in [0.15, 0.2) is 26.8 Å². The Hall–Kier alpha value is -1.18. The number of hydrogen-bond acceptors (Lipinski definition) is 6. The maximum Gasteiger partial charge on any atom is 0.271 e. The zero-order chi connectivity index (χ0) is 13.4. The summed E-state index contributed by atoms with van der Waals surface area (Å²) in [6.07, 6.45) is 0. The minimum atomic E-state index is 0.0250. The minimum Gasteiger partial charge on any atom is -0.290 e. The van der Waals surface area contributed by atoms with Gasteiger partial charge in [-0.25, -0.2) is 9.97 Å². The Kier molecular flexibility index (Phi) is 3.42. The second-order valence-corrected chi connectivity index (χ2v) is 6.96. The number of aryl methyl sites for hydroxylation is 1. The maximum atomic E-state index is 12.1. The molecular formula is C12H11N3OS3. The Labute approximate surface area is 122 Å². The smallest absolute Gasteiger partial charge is 0.271 e. The molecule has 3 heterocycles. The van der Waals surface area contributed by atoms with Crippen molar-refractivity contribution in [1.82, 2.24) is 14.5 Å². The molecule has 0 aromatic carbocycles. The number of rotatable bonds is 3. The summed E-state index contributed by atoms with van der Waals surface area (Å²) in [7, 11) is 1.77. The Bertz CT molecular complexity index is 787. The molecule has 7 heteroatoms. The predicted octanol–water partition coefficient (Wildman–Crippen LogP) is 3.05. The number of thiazole rings is 1. The van der Waals surface area contributed by atoms with Gasteiger partial charge in [0.2, 0.25) is 0 Å². The van der Waals surface area contributed by atoms with Crippen LogP contribution in [0.1, 0.15) is 10.7 Å². The number of thiophene rings is 1.